The Morgan fingerprint density at radius 2 is 2.12 bits per heavy atom. The Morgan fingerprint density at radius 1 is 1.38 bits per heavy atom. The number of alkyl halides is 2. The van der Waals surface area contributed by atoms with Crippen LogP contribution in [-0.2, 0) is 12.8 Å². The van der Waals surface area contributed by atoms with Gasteiger partial charge in [-0.2, -0.15) is 0 Å². The maximum Gasteiger partial charge on any atom is 0.268 e. The molecule has 1 fully saturated rings. The number of hydrogen-bond acceptors (Lipinski definition) is 2. The molecule has 1 atom stereocenters. The first-order chi connectivity index (χ1) is 7.50. The molecule has 1 aromatic rings. The first-order valence-electron chi connectivity index (χ1n) is 5.42. The largest absolute Gasteiger partial charge is 0.493 e. The molecule has 0 saturated heterocycles. The summed E-state index contributed by atoms with van der Waals surface area (Å²) in [4.78, 5) is 0. The van der Waals surface area contributed by atoms with Crippen molar-refractivity contribution in [3.8, 4) is 5.75 Å². The van der Waals surface area contributed by atoms with Crippen LogP contribution in [0.2, 0.25) is 0 Å². The third-order valence-electron chi connectivity index (χ3n) is 3.41. The van der Waals surface area contributed by atoms with Crippen molar-refractivity contribution in [1.82, 2.24) is 0 Å². The summed E-state index contributed by atoms with van der Waals surface area (Å²) < 4.78 is 31.3. The number of rotatable bonds is 2. The van der Waals surface area contributed by atoms with Crippen LogP contribution in [0.15, 0.2) is 18.2 Å². The quantitative estimate of drug-likeness (QED) is 0.834. The molecule has 1 aliphatic carbocycles. The molecule has 1 heterocycles. The summed E-state index contributed by atoms with van der Waals surface area (Å²) in [6, 6.07) is 5.61. The van der Waals surface area contributed by atoms with Crippen molar-refractivity contribution >= 4 is 0 Å². The van der Waals surface area contributed by atoms with Crippen LogP contribution < -0.4 is 10.5 Å². The molecule has 0 amide bonds. The van der Waals surface area contributed by atoms with Crippen molar-refractivity contribution in [2.24, 2.45) is 5.73 Å². The molecule has 2 aliphatic rings. The summed E-state index contributed by atoms with van der Waals surface area (Å²) in [5.74, 6) is -1.82. The molecule has 0 bridgehead atoms. The zero-order chi connectivity index (χ0) is 11.4. The molecule has 0 radical (unpaired) electrons. The Labute approximate surface area is 92.4 Å². The van der Waals surface area contributed by atoms with Crippen LogP contribution in [0.5, 0.6) is 5.75 Å². The van der Waals surface area contributed by atoms with E-state index in [0.717, 1.165) is 23.3 Å². The molecule has 2 N–H and O–H groups in total. The van der Waals surface area contributed by atoms with Gasteiger partial charge in [0.05, 0.1) is 12.1 Å². The normalized spacial score (nSPS) is 29.7. The van der Waals surface area contributed by atoms with E-state index in [2.05, 4.69) is 0 Å². The molecule has 2 nitrogen and oxygen atoms in total. The van der Waals surface area contributed by atoms with Gasteiger partial charge in [-0.1, -0.05) is 12.1 Å². The number of nitrogens with two attached hydrogens (primary N) is 1. The first kappa shape index (κ1) is 10.0. The smallest absolute Gasteiger partial charge is 0.268 e. The topological polar surface area (TPSA) is 35.2 Å². The van der Waals surface area contributed by atoms with E-state index in [-0.39, 0.29) is 12.8 Å². The van der Waals surface area contributed by atoms with Gasteiger partial charge in [-0.15, -0.1) is 0 Å². The number of fused-ring (bicyclic) bond motifs is 1. The molecule has 1 unspecified atom stereocenters. The van der Waals surface area contributed by atoms with E-state index in [4.69, 9.17) is 10.5 Å². The Kier molecular flexibility index (Phi) is 1.84. The lowest BCUT2D eigenvalue weighted by Crippen LogP contribution is -2.32. The Morgan fingerprint density at radius 3 is 2.81 bits per heavy atom. The number of hydrogen-bond donors (Lipinski definition) is 1. The highest BCUT2D eigenvalue weighted by Gasteiger charge is 2.68. The lowest BCUT2D eigenvalue weighted by Gasteiger charge is -2.11. The van der Waals surface area contributed by atoms with Crippen LogP contribution in [0.1, 0.15) is 17.5 Å². The minimum Gasteiger partial charge on any atom is -0.493 e. The van der Waals surface area contributed by atoms with Crippen LogP contribution >= 0.6 is 0 Å². The predicted molar refractivity (Wildman–Crippen MR) is 55.8 cm³/mol. The highest BCUT2D eigenvalue weighted by molar-refractivity contribution is 5.41. The Balaban J connectivity index is 1.82. The summed E-state index contributed by atoms with van der Waals surface area (Å²) in [5, 5.41) is 0. The molecular formula is C12H13F2NO. The zero-order valence-corrected chi connectivity index (χ0v) is 8.80. The minimum atomic E-state index is -2.69. The second-order valence-corrected chi connectivity index (χ2v) is 4.75. The summed E-state index contributed by atoms with van der Waals surface area (Å²) in [7, 11) is 0. The fraction of sp³-hybridized carbons (Fsp3) is 0.500. The van der Waals surface area contributed by atoms with Gasteiger partial charge in [0.2, 0.25) is 0 Å². The molecule has 1 aliphatic heterocycles. The number of ether oxygens (including phenoxy) is 1. The molecule has 16 heavy (non-hydrogen) atoms. The fourth-order valence-corrected chi connectivity index (χ4v) is 2.26. The maximum absolute atomic E-state index is 13.0. The van der Waals surface area contributed by atoms with E-state index in [1.807, 2.05) is 18.2 Å². The Hall–Kier alpha value is -1.16. The second kappa shape index (κ2) is 2.94. The minimum absolute atomic E-state index is 0.201. The van der Waals surface area contributed by atoms with Crippen molar-refractivity contribution in [3.63, 3.8) is 0 Å². The van der Waals surface area contributed by atoms with E-state index in [0.29, 0.717) is 6.61 Å². The average molecular weight is 225 g/mol. The lowest BCUT2D eigenvalue weighted by atomic mass is 10.0. The SMILES string of the molecule is NC1(Cc2ccc3c(c2)CCO3)CC1(F)F. The molecule has 1 aromatic carbocycles. The van der Waals surface area contributed by atoms with E-state index < -0.39 is 11.5 Å². The van der Waals surface area contributed by atoms with Gasteiger partial charge in [0.1, 0.15) is 5.75 Å². The molecule has 4 heteroatoms. The average Bonchev–Trinajstić information content (AvgIpc) is 2.61. The van der Waals surface area contributed by atoms with Crippen LogP contribution in [0.3, 0.4) is 0 Å². The summed E-state index contributed by atoms with van der Waals surface area (Å²) in [6.45, 7) is 0.683. The zero-order valence-electron chi connectivity index (χ0n) is 8.80. The summed E-state index contributed by atoms with van der Waals surface area (Å²) in [6.07, 6.45) is 0.901. The molecule has 3 rings (SSSR count). The van der Waals surface area contributed by atoms with Gasteiger partial charge in [-0.25, -0.2) is 8.78 Å². The van der Waals surface area contributed by atoms with Gasteiger partial charge in [0, 0.05) is 12.8 Å². The van der Waals surface area contributed by atoms with Crippen LogP contribution in [0.4, 0.5) is 8.78 Å². The van der Waals surface area contributed by atoms with Crippen LogP contribution in [0.25, 0.3) is 0 Å². The highest BCUT2D eigenvalue weighted by atomic mass is 19.3. The van der Waals surface area contributed by atoms with Gasteiger partial charge in [0.25, 0.3) is 5.92 Å². The Bertz CT molecular complexity index is 447. The second-order valence-electron chi connectivity index (χ2n) is 4.75. The molecule has 1 saturated carbocycles. The monoisotopic (exact) mass is 225 g/mol. The van der Waals surface area contributed by atoms with Gasteiger partial charge in [-0.3, -0.25) is 0 Å². The van der Waals surface area contributed by atoms with Gasteiger partial charge in [0.15, 0.2) is 0 Å². The molecular weight excluding hydrogens is 212 g/mol. The number of halogens is 2. The van der Waals surface area contributed by atoms with Gasteiger partial charge in [-0.05, 0) is 23.6 Å². The van der Waals surface area contributed by atoms with E-state index >= 15 is 0 Å². The van der Waals surface area contributed by atoms with Crippen molar-refractivity contribution in [1.29, 1.82) is 0 Å². The van der Waals surface area contributed by atoms with Crippen molar-refractivity contribution < 1.29 is 13.5 Å². The summed E-state index contributed by atoms with van der Waals surface area (Å²) >= 11 is 0. The highest BCUT2D eigenvalue weighted by Crippen LogP contribution is 2.52. The van der Waals surface area contributed by atoms with Crippen molar-refractivity contribution in [2.45, 2.75) is 30.7 Å². The van der Waals surface area contributed by atoms with E-state index in [9.17, 15) is 8.78 Å². The van der Waals surface area contributed by atoms with Crippen molar-refractivity contribution in [2.75, 3.05) is 6.61 Å². The summed E-state index contributed by atoms with van der Waals surface area (Å²) in [5.41, 5.74) is 6.28. The van der Waals surface area contributed by atoms with Crippen LogP contribution in [-0.4, -0.2) is 18.1 Å². The van der Waals surface area contributed by atoms with Crippen LogP contribution in [0, 0.1) is 0 Å². The van der Waals surface area contributed by atoms with E-state index in [1.165, 1.54) is 0 Å². The number of benzene rings is 1. The lowest BCUT2D eigenvalue weighted by molar-refractivity contribution is 0.0894. The van der Waals surface area contributed by atoms with Gasteiger partial charge < -0.3 is 10.5 Å². The molecule has 0 aromatic heterocycles. The first-order valence-corrected chi connectivity index (χ1v) is 5.42. The van der Waals surface area contributed by atoms with Crippen molar-refractivity contribution in [3.05, 3.63) is 29.3 Å². The predicted octanol–water partition coefficient (Wildman–Crippen LogP) is 1.90. The molecule has 0 spiro atoms. The van der Waals surface area contributed by atoms with E-state index in [1.54, 1.807) is 0 Å². The fourth-order valence-electron chi connectivity index (χ4n) is 2.26. The standard InChI is InChI=1S/C12H13F2NO/c13-12(14)7-11(12,15)6-8-1-2-10-9(5-8)3-4-16-10/h1-2,5H,3-4,6-7,15H2. The third-order valence-corrected chi connectivity index (χ3v) is 3.41. The molecule has 86 valence electrons. The maximum atomic E-state index is 13.0. The third kappa shape index (κ3) is 1.40. The van der Waals surface area contributed by atoms with Gasteiger partial charge >= 0.3 is 0 Å².